The van der Waals surface area contributed by atoms with E-state index in [1.54, 1.807) is 4.90 Å². The van der Waals surface area contributed by atoms with Crippen LogP contribution in [0.1, 0.15) is 12.8 Å². The molecule has 124 valence electrons. The topological polar surface area (TPSA) is 84.4 Å². The summed E-state index contributed by atoms with van der Waals surface area (Å²) in [6, 6.07) is 0. The predicted molar refractivity (Wildman–Crippen MR) is 70.1 cm³/mol. The molecule has 2 atom stereocenters. The molecule has 0 saturated carbocycles. The molecule has 0 radical (unpaired) electrons. The third-order valence-corrected chi connectivity index (χ3v) is 3.70. The summed E-state index contributed by atoms with van der Waals surface area (Å²) in [6.07, 6.45) is -2.11. The van der Waals surface area contributed by atoms with Crippen molar-refractivity contribution in [3.63, 3.8) is 0 Å². The Bertz CT molecular complexity index is 520. The summed E-state index contributed by atoms with van der Waals surface area (Å²) in [4.78, 5) is 15.1. The number of β-amino-alcohol motifs (C(OH)–C–C–N with tert-alkyl or cyclic N) is 1. The Morgan fingerprint density at radius 2 is 2.23 bits per heavy atom. The van der Waals surface area contributed by atoms with Gasteiger partial charge in [-0.25, -0.2) is 4.57 Å². The molecule has 1 aromatic heterocycles. The molecule has 0 spiro atoms. The van der Waals surface area contributed by atoms with E-state index in [1.165, 1.54) is 17.0 Å². The van der Waals surface area contributed by atoms with Crippen LogP contribution in [-0.4, -0.2) is 56.4 Å². The molecular formula is C12H17F3N4O3. The fourth-order valence-corrected chi connectivity index (χ4v) is 2.69. The molecule has 1 N–H and O–H groups in total. The van der Waals surface area contributed by atoms with E-state index in [4.69, 9.17) is 0 Å². The number of nitrogens with zero attached hydrogens (tertiary/aromatic N) is 4. The highest BCUT2D eigenvalue weighted by molar-refractivity contribution is 5.06. The first-order chi connectivity index (χ1) is 10.3. The van der Waals surface area contributed by atoms with E-state index < -0.39 is 29.1 Å². The van der Waals surface area contributed by atoms with Crippen LogP contribution >= 0.6 is 0 Å². The predicted octanol–water partition coefficient (Wildman–Crippen LogP) is 1.43. The maximum Gasteiger partial charge on any atom is 0.434 e. The highest BCUT2D eigenvalue weighted by Gasteiger charge is 2.41. The summed E-state index contributed by atoms with van der Waals surface area (Å²) in [5.41, 5.74) is 0. The normalized spacial score (nSPS) is 21.7. The number of alkyl halides is 3. The lowest BCUT2D eigenvalue weighted by Crippen LogP contribution is -2.45. The Labute approximate surface area is 124 Å². The molecule has 1 saturated heterocycles. The van der Waals surface area contributed by atoms with Crippen molar-refractivity contribution in [3.8, 4) is 0 Å². The average molecular weight is 322 g/mol. The third-order valence-electron chi connectivity index (χ3n) is 3.70. The van der Waals surface area contributed by atoms with Crippen molar-refractivity contribution in [2.24, 2.45) is 5.92 Å². The van der Waals surface area contributed by atoms with Gasteiger partial charge in [-0.2, -0.15) is 13.2 Å². The maximum atomic E-state index is 12.7. The van der Waals surface area contributed by atoms with E-state index in [1.807, 2.05) is 0 Å². The number of piperidine rings is 1. The second-order valence-electron chi connectivity index (χ2n) is 5.43. The van der Waals surface area contributed by atoms with Gasteiger partial charge in [0, 0.05) is 13.1 Å². The van der Waals surface area contributed by atoms with Gasteiger partial charge in [0.05, 0.1) is 18.6 Å². The Morgan fingerprint density at radius 1 is 1.50 bits per heavy atom. The molecule has 2 rings (SSSR count). The monoisotopic (exact) mass is 322 g/mol. The lowest BCUT2D eigenvalue weighted by Gasteiger charge is -2.34. The van der Waals surface area contributed by atoms with Crippen LogP contribution in [0, 0.1) is 16.0 Å². The van der Waals surface area contributed by atoms with Gasteiger partial charge in [-0.3, -0.25) is 0 Å². The largest absolute Gasteiger partial charge is 0.434 e. The molecule has 22 heavy (non-hydrogen) atoms. The molecule has 1 aromatic rings. The number of hydrogen-bond donors (Lipinski definition) is 1. The number of aliphatic hydroxyl groups excluding tert-OH is 1. The van der Waals surface area contributed by atoms with Gasteiger partial charge in [0.25, 0.3) is 0 Å². The fraction of sp³-hybridized carbons (Fsp3) is 0.750. The van der Waals surface area contributed by atoms with Crippen molar-refractivity contribution in [2.75, 3.05) is 19.6 Å². The van der Waals surface area contributed by atoms with E-state index in [2.05, 4.69) is 4.98 Å². The number of imidazole rings is 1. The molecule has 2 unspecified atom stereocenters. The zero-order valence-corrected chi connectivity index (χ0v) is 11.7. The smallest absolute Gasteiger partial charge is 0.390 e. The number of hydrogen-bond acceptors (Lipinski definition) is 5. The van der Waals surface area contributed by atoms with E-state index >= 15 is 0 Å². The number of aromatic nitrogens is 2. The van der Waals surface area contributed by atoms with Crippen molar-refractivity contribution in [3.05, 3.63) is 22.5 Å². The maximum absolute atomic E-state index is 12.7. The Kier molecular flexibility index (Phi) is 5.01. The third kappa shape index (κ3) is 4.17. The van der Waals surface area contributed by atoms with Crippen LogP contribution in [0.15, 0.2) is 12.4 Å². The van der Waals surface area contributed by atoms with Crippen LogP contribution < -0.4 is 0 Å². The summed E-state index contributed by atoms with van der Waals surface area (Å²) in [7, 11) is 0. The Morgan fingerprint density at radius 3 is 2.86 bits per heavy atom. The van der Waals surface area contributed by atoms with Crippen LogP contribution in [0.3, 0.4) is 0 Å². The van der Waals surface area contributed by atoms with Gasteiger partial charge >= 0.3 is 12.1 Å². The molecule has 2 heterocycles. The van der Waals surface area contributed by atoms with Crippen LogP contribution in [0.4, 0.5) is 19.1 Å². The lowest BCUT2D eigenvalue weighted by molar-refractivity contribution is -0.397. The SMILES string of the molecule is O=[N+]([O-])c1nccn1CC(O)CN1CCCC(C(F)(F)F)C1. The molecule has 1 aliphatic heterocycles. The molecule has 1 fully saturated rings. The number of likely N-dealkylation sites (tertiary alicyclic amines) is 1. The Hall–Kier alpha value is -1.68. The number of halogens is 3. The Balaban J connectivity index is 1.90. The highest BCUT2D eigenvalue weighted by Crippen LogP contribution is 2.33. The van der Waals surface area contributed by atoms with E-state index in [0.29, 0.717) is 13.0 Å². The van der Waals surface area contributed by atoms with E-state index in [9.17, 15) is 28.4 Å². The van der Waals surface area contributed by atoms with Gasteiger partial charge in [0.2, 0.25) is 0 Å². The number of nitro groups is 1. The van der Waals surface area contributed by atoms with Crippen LogP contribution in [0.25, 0.3) is 0 Å². The van der Waals surface area contributed by atoms with Gasteiger partial charge in [0.15, 0.2) is 0 Å². The average Bonchev–Trinajstić information content (AvgIpc) is 2.86. The van der Waals surface area contributed by atoms with E-state index in [-0.39, 0.29) is 26.1 Å². The minimum atomic E-state index is -4.23. The molecule has 0 amide bonds. The highest BCUT2D eigenvalue weighted by atomic mass is 19.4. The van der Waals surface area contributed by atoms with Crippen molar-refractivity contribution in [1.82, 2.24) is 14.5 Å². The number of rotatable bonds is 5. The standard InChI is InChI=1S/C12H17F3N4O3/c13-12(14,15)9-2-1-4-17(6-9)7-10(20)8-18-5-3-16-11(18)19(21)22/h3,5,9-10,20H,1-2,4,6-8H2. The van der Waals surface area contributed by atoms with Gasteiger partial charge in [-0.15, -0.1) is 0 Å². The van der Waals surface area contributed by atoms with Crippen LogP contribution in [0.2, 0.25) is 0 Å². The van der Waals surface area contributed by atoms with Crippen molar-refractivity contribution in [1.29, 1.82) is 0 Å². The summed E-state index contributed by atoms with van der Waals surface area (Å²) in [5, 5.41) is 20.7. The molecule has 0 aromatic carbocycles. The minimum absolute atomic E-state index is 0.0436. The van der Waals surface area contributed by atoms with Gasteiger partial charge in [0.1, 0.15) is 12.4 Å². The lowest BCUT2D eigenvalue weighted by atomic mass is 9.97. The molecule has 10 heteroatoms. The van der Waals surface area contributed by atoms with Crippen LogP contribution in [-0.2, 0) is 6.54 Å². The van der Waals surface area contributed by atoms with E-state index in [0.717, 1.165) is 0 Å². The van der Waals surface area contributed by atoms with Crippen LogP contribution in [0.5, 0.6) is 0 Å². The van der Waals surface area contributed by atoms with Gasteiger partial charge in [-0.1, -0.05) is 4.98 Å². The first kappa shape index (κ1) is 16.7. The summed E-state index contributed by atoms with van der Waals surface area (Å²) < 4.78 is 39.3. The first-order valence-corrected chi connectivity index (χ1v) is 6.90. The first-order valence-electron chi connectivity index (χ1n) is 6.90. The molecule has 0 aliphatic carbocycles. The molecule has 7 nitrogen and oxygen atoms in total. The van der Waals surface area contributed by atoms with Gasteiger partial charge in [-0.05, 0) is 24.3 Å². The van der Waals surface area contributed by atoms with Gasteiger partial charge < -0.3 is 20.1 Å². The van der Waals surface area contributed by atoms with Crippen molar-refractivity contribution >= 4 is 5.95 Å². The second-order valence-corrected chi connectivity index (χ2v) is 5.43. The van der Waals surface area contributed by atoms with Crippen molar-refractivity contribution in [2.45, 2.75) is 31.7 Å². The zero-order chi connectivity index (χ0) is 16.3. The summed E-state index contributed by atoms with van der Waals surface area (Å²) in [5.74, 6) is -1.78. The fourth-order valence-electron chi connectivity index (χ4n) is 2.69. The zero-order valence-electron chi connectivity index (χ0n) is 11.7. The summed E-state index contributed by atoms with van der Waals surface area (Å²) in [6.45, 7) is 0.299. The molecule has 1 aliphatic rings. The quantitative estimate of drug-likeness (QED) is 0.655. The number of aliphatic hydroxyl groups is 1. The van der Waals surface area contributed by atoms with Crippen molar-refractivity contribution < 1.29 is 23.2 Å². The molecular weight excluding hydrogens is 305 g/mol. The minimum Gasteiger partial charge on any atom is -0.390 e. The molecule has 0 bridgehead atoms. The summed E-state index contributed by atoms with van der Waals surface area (Å²) >= 11 is 0. The second kappa shape index (κ2) is 6.61.